The normalized spacial score (nSPS) is 22.6. The van der Waals surface area contributed by atoms with E-state index in [0.717, 1.165) is 31.4 Å². The lowest BCUT2D eigenvalue weighted by Crippen LogP contribution is -2.47. The summed E-state index contributed by atoms with van der Waals surface area (Å²) < 4.78 is 13.3. The van der Waals surface area contributed by atoms with Crippen LogP contribution in [0, 0.1) is 15.9 Å². The highest BCUT2D eigenvalue weighted by Gasteiger charge is 2.30. The van der Waals surface area contributed by atoms with Gasteiger partial charge >= 0.3 is 5.69 Å². The molecule has 108 valence electrons. The average molecular weight is 280 g/mol. The van der Waals surface area contributed by atoms with Gasteiger partial charge in [-0.2, -0.15) is 4.39 Å². The maximum absolute atomic E-state index is 13.3. The van der Waals surface area contributed by atoms with Crippen molar-refractivity contribution in [1.82, 2.24) is 4.90 Å². The highest BCUT2D eigenvalue weighted by molar-refractivity contribution is 5.95. The van der Waals surface area contributed by atoms with Gasteiger partial charge in [0.25, 0.3) is 5.91 Å². The van der Waals surface area contributed by atoms with Crippen molar-refractivity contribution in [2.75, 3.05) is 0 Å². The molecule has 20 heavy (non-hydrogen) atoms. The van der Waals surface area contributed by atoms with Gasteiger partial charge in [-0.05, 0) is 45.2 Å². The molecule has 1 saturated heterocycles. The van der Waals surface area contributed by atoms with Gasteiger partial charge in [-0.1, -0.05) is 0 Å². The standard InChI is InChI=1S/C14H17FN2O3/c1-9-4-3-5-10(2)16(9)14(18)11-6-7-12(15)13(8-11)17(19)20/h6-10H,3-5H2,1-2H3. The molecule has 6 heteroatoms. The minimum atomic E-state index is -0.925. The van der Waals surface area contributed by atoms with Crippen molar-refractivity contribution in [3.8, 4) is 0 Å². The second-order valence-corrected chi connectivity index (χ2v) is 5.26. The van der Waals surface area contributed by atoms with Crippen LogP contribution in [0.2, 0.25) is 0 Å². The summed E-state index contributed by atoms with van der Waals surface area (Å²) in [6, 6.07) is 3.49. The van der Waals surface area contributed by atoms with Gasteiger partial charge in [0, 0.05) is 23.7 Å². The average Bonchev–Trinajstić information content (AvgIpc) is 2.38. The van der Waals surface area contributed by atoms with Crippen molar-refractivity contribution in [3.05, 3.63) is 39.7 Å². The molecule has 1 fully saturated rings. The van der Waals surface area contributed by atoms with E-state index < -0.39 is 16.4 Å². The number of piperidine rings is 1. The number of halogens is 1. The predicted octanol–water partition coefficient (Wildman–Crippen LogP) is 3.14. The van der Waals surface area contributed by atoms with Gasteiger partial charge in [0.05, 0.1) is 4.92 Å². The molecule has 1 aliphatic rings. The predicted molar refractivity (Wildman–Crippen MR) is 72.0 cm³/mol. The van der Waals surface area contributed by atoms with Crippen molar-refractivity contribution >= 4 is 11.6 Å². The SMILES string of the molecule is CC1CCCC(C)N1C(=O)c1ccc(F)c([N+](=O)[O-])c1. The summed E-state index contributed by atoms with van der Waals surface area (Å²) in [7, 11) is 0. The monoisotopic (exact) mass is 280 g/mol. The Morgan fingerprint density at radius 1 is 1.35 bits per heavy atom. The van der Waals surface area contributed by atoms with Crippen molar-refractivity contribution in [2.24, 2.45) is 0 Å². The Bertz CT molecular complexity index is 537. The molecular formula is C14H17FN2O3. The van der Waals surface area contributed by atoms with Crippen LogP contribution in [0.3, 0.4) is 0 Å². The van der Waals surface area contributed by atoms with E-state index in [2.05, 4.69) is 0 Å². The van der Waals surface area contributed by atoms with Gasteiger partial charge in [-0.3, -0.25) is 14.9 Å². The summed E-state index contributed by atoms with van der Waals surface area (Å²) in [6.07, 6.45) is 2.90. The van der Waals surface area contributed by atoms with Crippen molar-refractivity contribution in [2.45, 2.75) is 45.2 Å². The van der Waals surface area contributed by atoms with Crippen LogP contribution in [0.5, 0.6) is 0 Å². The van der Waals surface area contributed by atoms with Crippen LogP contribution in [0.25, 0.3) is 0 Å². The Morgan fingerprint density at radius 3 is 2.50 bits per heavy atom. The molecule has 2 rings (SSSR count). The Morgan fingerprint density at radius 2 is 1.95 bits per heavy atom. The van der Waals surface area contributed by atoms with Crippen molar-refractivity contribution in [1.29, 1.82) is 0 Å². The fraction of sp³-hybridized carbons (Fsp3) is 0.500. The van der Waals surface area contributed by atoms with Crippen molar-refractivity contribution in [3.63, 3.8) is 0 Å². The van der Waals surface area contributed by atoms with Gasteiger partial charge in [-0.25, -0.2) is 0 Å². The first-order valence-corrected chi connectivity index (χ1v) is 6.68. The summed E-state index contributed by atoms with van der Waals surface area (Å²) in [5.41, 5.74) is -0.494. The molecule has 2 atom stereocenters. The van der Waals surface area contributed by atoms with Crippen molar-refractivity contribution < 1.29 is 14.1 Å². The molecule has 0 aromatic heterocycles. The number of rotatable bonds is 2. The number of likely N-dealkylation sites (tertiary alicyclic amines) is 1. The fourth-order valence-corrected chi connectivity index (χ4v) is 2.76. The summed E-state index contributed by atoms with van der Waals surface area (Å²) in [4.78, 5) is 24.2. The van der Waals surface area contributed by atoms with E-state index in [9.17, 15) is 19.3 Å². The third-order valence-electron chi connectivity index (χ3n) is 3.82. The first-order valence-electron chi connectivity index (χ1n) is 6.68. The van der Waals surface area contributed by atoms with Crippen LogP contribution in [0.1, 0.15) is 43.5 Å². The van der Waals surface area contributed by atoms with Crippen LogP contribution < -0.4 is 0 Å². The van der Waals surface area contributed by atoms with E-state index in [1.165, 1.54) is 6.07 Å². The first kappa shape index (κ1) is 14.4. The Balaban J connectivity index is 2.33. The zero-order chi connectivity index (χ0) is 14.9. The largest absolute Gasteiger partial charge is 0.333 e. The van der Waals surface area contributed by atoms with Gasteiger partial charge in [0.2, 0.25) is 5.82 Å². The maximum Gasteiger partial charge on any atom is 0.305 e. The number of nitro benzene ring substituents is 1. The Labute approximate surface area is 116 Å². The van der Waals surface area contributed by atoms with Gasteiger partial charge in [0.15, 0.2) is 0 Å². The number of benzene rings is 1. The van der Waals surface area contributed by atoms with Crippen LogP contribution in [-0.4, -0.2) is 27.8 Å². The summed E-state index contributed by atoms with van der Waals surface area (Å²) >= 11 is 0. The lowest BCUT2D eigenvalue weighted by atomic mass is 9.96. The number of hydrogen-bond donors (Lipinski definition) is 0. The van der Waals surface area contributed by atoms with E-state index in [4.69, 9.17) is 0 Å². The number of carbonyl (C=O) groups excluding carboxylic acids is 1. The van der Waals surface area contributed by atoms with Gasteiger partial charge in [-0.15, -0.1) is 0 Å². The molecule has 1 aromatic rings. The molecule has 2 unspecified atom stereocenters. The van der Waals surface area contributed by atoms with Crippen LogP contribution in [0.4, 0.5) is 10.1 Å². The molecule has 0 aliphatic carbocycles. The number of carbonyl (C=O) groups is 1. The molecule has 5 nitrogen and oxygen atoms in total. The smallest absolute Gasteiger partial charge is 0.305 e. The molecule has 0 spiro atoms. The van der Waals surface area contributed by atoms with E-state index in [0.29, 0.717) is 0 Å². The lowest BCUT2D eigenvalue weighted by molar-refractivity contribution is -0.387. The van der Waals surface area contributed by atoms with Gasteiger partial charge < -0.3 is 4.90 Å². The molecule has 1 aromatic carbocycles. The summed E-state index contributed by atoms with van der Waals surface area (Å²) in [5.74, 6) is -1.20. The third kappa shape index (κ3) is 2.64. The maximum atomic E-state index is 13.3. The molecule has 0 saturated carbocycles. The Hall–Kier alpha value is -1.98. The topological polar surface area (TPSA) is 63.5 Å². The molecule has 1 aliphatic heterocycles. The van der Waals surface area contributed by atoms with E-state index in [1.54, 1.807) is 4.90 Å². The van der Waals surface area contributed by atoms with E-state index in [1.807, 2.05) is 13.8 Å². The molecule has 0 radical (unpaired) electrons. The zero-order valence-corrected chi connectivity index (χ0v) is 11.5. The fourth-order valence-electron chi connectivity index (χ4n) is 2.76. The number of hydrogen-bond acceptors (Lipinski definition) is 3. The lowest BCUT2D eigenvalue weighted by Gasteiger charge is -2.39. The molecule has 0 N–H and O–H groups in total. The molecule has 1 heterocycles. The number of nitro groups is 1. The van der Waals surface area contributed by atoms with E-state index in [-0.39, 0.29) is 23.6 Å². The second-order valence-electron chi connectivity index (χ2n) is 5.26. The summed E-state index contributed by atoms with van der Waals surface area (Å²) in [5, 5.41) is 10.7. The highest BCUT2D eigenvalue weighted by atomic mass is 19.1. The summed E-state index contributed by atoms with van der Waals surface area (Å²) in [6.45, 7) is 3.93. The first-order chi connectivity index (χ1) is 9.41. The Kier molecular flexibility index (Phi) is 4.01. The van der Waals surface area contributed by atoms with Crippen LogP contribution in [0.15, 0.2) is 18.2 Å². The highest BCUT2D eigenvalue weighted by Crippen LogP contribution is 2.26. The number of nitrogens with zero attached hydrogens (tertiary/aromatic N) is 2. The van der Waals surface area contributed by atoms with Crippen LogP contribution >= 0.6 is 0 Å². The van der Waals surface area contributed by atoms with Crippen LogP contribution in [-0.2, 0) is 0 Å². The minimum Gasteiger partial charge on any atom is -0.333 e. The minimum absolute atomic E-state index is 0.0929. The molecular weight excluding hydrogens is 263 g/mol. The zero-order valence-electron chi connectivity index (χ0n) is 11.5. The quantitative estimate of drug-likeness (QED) is 0.617. The van der Waals surface area contributed by atoms with Gasteiger partial charge in [0.1, 0.15) is 0 Å². The van der Waals surface area contributed by atoms with E-state index >= 15 is 0 Å². The third-order valence-corrected chi connectivity index (χ3v) is 3.82. The number of amides is 1. The molecule has 1 amide bonds. The second kappa shape index (κ2) is 5.56. The molecule has 0 bridgehead atoms.